The fourth-order valence-corrected chi connectivity index (χ4v) is 1.13. The van der Waals surface area contributed by atoms with Crippen LogP contribution in [0.1, 0.15) is 23.7 Å². The first-order chi connectivity index (χ1) is 6.27. The van der Waals surface area contributed by atoms with E-state index in [1.165, 1.54) is 0 Å². The zero-order valence-corrected chi connectivity index (χ0v) is 7.40. The van der Waals surface area contributed by atoms with Gasteiger partial charge < -0.3 is 10.8 Å². The van der Waals surface area contributed by atoms with Crippen LogP contribution in [0.4, 0.5) is 0 Å². The molecule has 13 heavy (non-hydrogen) atoms. The van der Waals surface area contributed by atoms with Crippen LogP contribution in [0, 0.1) is 12.3 Å². The molecule has 0 fully saturated rings. The minimum atomic E-state index is -0.475. The molecule has 0 heterocycles. The molecular formula is C11H13NO. The molecule has 0 spiro atoms. The zero-order valence-electron chi connectivity index (χ0n) is 7.40. The van der Waals surface area contributed by atoms with Crippen molar-refractivity contribution in [1.82, 2.24) is 0 Å². The van der Waals surface area contributed by atoms with E-state index in [1.807, 2.05) is 24.3 Å². The molecule has 1 aromatic carbocycles. The molecule has 0 aromatic heterocycles. The summed E-state index contributed by atoms with van der Waals surface area (Å²) in [6.07, 6.45) is 5.31. The molecule has 0 radical (unpaired) electrons. The van der Waals surface area contributed by atoms with Crippen molar-refractivity contribution in [3.05, 3.63) is 35.4 Å². The normalized spacial score (nSPS) is 12.1. The summed E-state index contributed by atoms with van der Waals surface area (Å²) in [5, 5.41) is 9.55. The van der Waals surface area contributed by atoms with Crippen LogP contribution in [-0.2, 0) is 0 Å². The van der Waals surface area contributed by atoms with Crippen LogP contribution in [0.15, 0.2) is 24.3 Å². The topological polar surface area (TPSA) is 46.2 Å². The summed E-state index contributed by atoms with van der Waals surface area (Å²) >= 11 is 0. The second-order valence-corrected chi connectivity index (χ2v) is 2.86. The molecule has 1 rings (SSSR count). The van der Waals surface area contributed by atoms with E-state index in [4.69, 9.17) is 12.2 Å². The molecule has 0 aliphatic heterocycles. The SMILES string of the molecule is C#Cc1ccc(C(O)CCN)cc1. The number of hydrogen-bond acceptors (Lipinski definition) is 2. The molecule has 0 saturated carbocycles. The van der Waals surface area contributed by atoms with Crippen molar-refractivity contribution in [3.63, 3.8) is 0 Å². The first kappa shape index (κ1) is 9.79. The van der Waals surface area contributed by atoms with Gasteiger partial charge in [0.1, 0.15) is 0 Å². The second-order valence-electron chi connectivity index (χ2n) is 2.86. The van der Waals surface area contributed by atoms with E-state index in [0.717, 1.165) is 11.1 Å². The van der Waals surface area contributed by atoms with Gasteiger partial charge in [0.2, 0.25) is 0 Å². The minimum Gasteiger partial charge on any atom is -0.388 e. The number of aliphatic hydroxyl groups excluding tert-OH is 1. The second kappa shape index (κ2) is 4.66. The van der Waals surface area contributed by atoms with Crippen LogP contribution < -0.4 is 5.73 Å². The van der Waals surface area contributed by atoms with Gasteiger partial charge in [-0.2, -0.15) is 0 Å². The van der Waals surface area contributed by atoms with Gasteiger partial charge in [0.05, 0.1) is 6.10 Å². The standard InChI is InChI=1S/C11H13NO/c1-2-9-3-5-10(6-4-9)11(13)7-8-12/h1,3-6,11,13H,7-8,12H2. The highest BCUT2D eigenvalue weighted by Crippen LogP contribution is 2.15. The highest BCUT2D eigenvalue weighted by atomic mass is 16.3. The lowest BCUT2D eigenvalue weighted by Crippen LogP contribution is -2.06. The molecule has 1 aromatic rings. The Morgan fingerprint density at radius 2 is 2.00 bits per heavy atom. The van der Waals surface area contributed by atoms with Gasteiger partial charge in [0, 0.05) is 5.56 Å². The molecule has 3 N–H and O–H groups in total. The Morgan fingerprint density at radius 3 is 2.46 bits per heavy atom. The molecule has 0 aliphatic rings. The van der Waals surface area contributed by atoms with Crippen LogP contribution in [0.3, 0.4) is 0 Å². The predicted molar refractivity (Wildman–Crippen MR) is 53.0 cm³/mol. The highest BCUT2D eigenvalue weighted by Gasteiger charge is 2.04. The third-order valence-corrected chi connectivity index (χ3v) is 1.90. The van der Waals surface area contributed by atoms with Crippen molar-refractivity contribution in [3.8, 4) is 12.3 Å². The van der Waals surface area contributed by atoms with E-state index in [9.17, 15) is 5.11 Å². The first-order valence-electron chi connectivity index (χ1n) is 4.22. The third-order valence-electron chi connectivity index (χ3n) is 1.90. The summed E-state index contributed by atoms with van der Waals surface area (Å²) in [5.74, 6) is 2.52. The van der Waals surface area contributed by atoms with E-state index in [0.29, 0.717) is 13.0 Å². The van der Waals surface area contributed by atoms with E-state index in [1.54, 1.807) is 0 Å². The van der Waals surface area contributed by atoms with Crippen LogP contribution in [0.25, 0.3) is 0 Å². The molecule has 1 unspecified atom stereocenters. The largest absolute Gasteiger partial charge is 0.388 e. The van der Waals surface area contributed by atoms with Gasteiger partial charge >= 0.3 is 0 Å². The molecule has 0 aliphatic carbocycles. The summed E-state index contributed by atoms with van der Waals surface area (Å²) in [6, 6.07) is 7.29. The number of hydrogen-bond donors (Lipinski definition) is 2. The van der Waals surface area contributed by atoms with Crippen LogP contribution in [0.5, 0.6) is 0 Å². The lowest BCUT2D eigenvalue weighted by Gasteiger charge is -2.08. The van der Waals surface area contributed by atoms with Crippen molar-refractivity contribution in [2.45, 2.75) is 12.5 Å². The zero-order chi connectivity index (χ0) is 9.68. The molecule has 2 heteroatoms. The molecule has 0 amide bonds. The average molecular weight is 175 g/mol. The van der Waals surface area contributed by atoms with Crippen LogP contribution >= 0.6 is 0 Å². The van der Waals surface area contributed by atoms with Crippen molar-refractivity contribution in [2.75, 3.05) is 6.54 Å². The van der Waals surface area contributed by atoms with Gasteiger partial charge in [0.15, 0.2) is 0 Å². The molecule has 0 saturated heterocycles. The fourth-order valence-electron chi connectivity index (χ4n) is 1.13. The summed E-state index contributed by atoms with van der Waals surface area (Å²) in [5.41, 5.74) is 7.02. The summed E-state index contributed by atoms with van der Waals surface area (Å²) in [6.45, 7) is 0.484. The Kier molecular flexibility index (Phi) is 3.51. The molecule has 68 valence electrons. The van der Waals surface area contributed by atoms with E-state index in [-0.39, 0.29) is 0 Å². The number of rotatable bonds is 3. The van der Waals surface area contributed by atoms with Crippen LogP contribution in [0.2, 0.25) is 0 Å². The lowest BCUT2D eigenvalue weighted by atomic mass is 10.1. The third kappa shape index (κ3) is 2.59. The Bertz CT molecular complexity index is 297. The predicted octanol–water partition coefficient (Wildman–Crippen LogP) is 1.05. The fraction of sp³-hybridized carbons (Fsp3) is 0.273. The van der Waals surface area contributed by atoms with Gasteiger partial charge in [-0.1, -0.05) is 18.1 Å². The monoisotopic (exact) mass is 175 g/mol. The Hall–Kier alpha value is -1.30. The average Bonchev–Trinajstić information content (AvgIpc) is 2.18. The van der Waals surface area contributed by atoms with Crippen molar-refractivity contribution in [1.29, 1.82) is 0 Å². The Balaban J connectivity index is 2.75. The number of nitrogens with two attached hydrogens (primary N) is 1. The van der Waals surface area contributed by atoms with Gasteiger partial charge in [-0.05, 0) is 30.7 Å². The smallest absolute Gasteiger partial charge is 0.0802 e. The quantitative estimate of drug-likeness (QED) is 0.674. The summed E-state index contributed by atoms with van der Waals surface area (Å²) in [7, 11) is 0. The van der Waals surface area contributed by atoms with Crippen molar-refractivity contribution < 1.29 is 5.11 Å². The number of aliphatic hydroxyl groups is 1. The minimum absolute atomic E-state index is 0.475. The van der Waals surface area contributed by atoms with Gasteiger partial charge in [-0.3, -0.25) is 0 Å². The Morgan fingerprint density at radius 1 is 1.38 bits per heavy atom. The molecule has 1 atom stereocenters. The lowest BCUT2D eigenvalue weighted by molar-refractivity contribution is 0.170. The maximum absolute atomic E-state index is 9.55. The molecular weight excluding hydrogens is 162 g/mol. The summed E-state index contributed by atoms with van der Waals surface area (Å²) < 4.78 is 0. The highest BCUT2D eigenvalue weighted by molar-refractivity contribution is 5.34. The van der Waals surface area contributed by atoms with Crippen molar-refractivity contribution >= 4 is 0 Å². The number of terminal acetylenes is 1. The van der Waals surface area contributed by atoms with E-state index >= 15 is 0 Å². The Labute approximate surface area is 78.4 Å². The van der Waals surface area contributed by atoms with Gasteiger partial charge in [-0.15, -0.1) is 6.42 Å². The number of benzene rings is 1. The maximum Gasteiger partial charge on any atom is 0.0802 e. The molecule has 2 nitrogen and oxygen atoms in total. The van der Waals surface area contributed by atoms with Gasteiger partial charge in [0.25, 0.3) is 0 Å². The first-order valence-corrected chi connectivity index (χ1v) is 4.22. The van der Waals surface area contributed by atoms with E-state index in [2.05, 4.69) is 5.92 Å². The summed E-state index contributed by atoms with van der Waals surface area (Å²) in [4.78, 5) is 0. The maximum atomic E-state index is 9.55. The van der Waals surface area contributed by atoms with Crippen LogP contribution in [-0.4, -0.2) is 11.7 Å². The van der Waals surface area contributed by atoms with Gasteiger partial charge in [-0.25, -0.2) is 0 Å². The molecule has 0 bridgehead atoms. The van der Waals surface area contributed by atoms with Crippen molar-refractivity contribution in [2.24, 2.45) is 5.73 Å². The van der Waals surface area contributed by atoms with E-state index < -0.39 is 6.10 Å².